The minimum Gasteiger partial charge on any atom is -0.363 e. The molecule has 1 fully saturated rings. The maximum absolute atomic E-state index is 13.7. The predicted octanol–water partition coefficient (Wildman–Crippen LogP) is 6.11. The molecule has 1 saturated heterocycles. The summed E-state index contributed by atoms with van der Waals surface area (Å²) in [6.07, 6.45) is -26.2. The number of carbonyl (C=O) groups is 1. The van der Waals surface area contributed by atoms with Gasteiger partial charge in [0.25, 0.3) is 0 Å². The molecule has 1 aliphatic heterocycles. The van der Waals surface area contributed by atoms with Crippen LogP contribution < -0.4 is 0 Å². The second kappa shape index (κ2) is 9.37. The van der Waals surface area contributed by atoms with E-state index in [1.165, 1.54) is 0 Å². The van der Waals surface area contributed by atoms with Gasteiger partial charge in [0.2, 0.25) is 0 Å². The Hall–Kier alpha value is -1.60. The topological polar surface area (TPSA) is 35.5 Å². The minimum atomic E-state index is -7.81. The van der Waals surface area contributed by atoms with Gasteiger partial charge in [-0.1, -0.05) is 0 Å². The Morgan fingerprint density at radius 2 is 1.20 bits per heavy atom. The van der Waals surface area contributed by atoms with Gasteiger partial charge in [-0.25, -0.2) is 0 Å². The van der Waals surface area contributed by atoms with E-state index in [0.717, 1.165) is 0 Å². The highest BCUT2D eigenvalue weighted by Crippen LogP contribution is 2.58. The fourth-order valence-electron chi connectivity index (χ4n) is 2.75. The van der Waals surface area contributed by atoms with Crippen LogP contribution in [0.5, 0.6) is 0 Å². The Bertz CT molecular complexity index is 757. The van der Waals surface area contributed by atoms with Gasteiger partial charge in [0.15, 0.2) is 12.2 Å². The lowest BCUT2D eigenvalue weighted by atomic mass is 9.91. The molecule has 0 aromatic rings. The molecule has 1 rings (SSSR count). The first kappa shape index (κ1) is 31.4. The van der Waals surface area contributed by atoms with Gasteiger partial charge in [0, 0.05) is 6.42 Å². The lowest BCUT2D eigenvalue weighted by molar-refractivity contribution is -0.396. The fourth-order valence-corrected chi connectivity index (χ4v) is 2.75. The van der Waals surface area contributed by atoms with Crippen LogP contribution in [0.2, 0.25) is 0 Å². The average molecular weight is 562 g/mol. The Morgan fingerprint density at radius 1 is 0.714 bits per heavy atom. The summed E-state index contributed by atoms with van der Waals surface area (Å²) in [5, 5.41) is 0. The van der Waals surface area contributed by atoms with Gasteiger partial charge in [0.05, 0.1) is 12.7 Å². The van der Waals surface area contributed by atoms with Crippen LogP contribution in [0.25, 0.3) is 0 Å². The van der Waals surface area contributed by atoms with E-state index in [-0.39, 0.29) is 0 Å². The second-order valence-corrected chi connectivity index (χ2v) is 7.17. The van der Waals surface area contributed by atoms with Crippen LogP contribution in [0.4, 0.5) is 74.6 Å². The van der Waals surface area contributed by atoms with E-state index < -0.39 is 92.2 Å². The standard InChI is InChI=1S/C15H11F17O3/c16-8(33)10(19,20)14(29,30)15(31,32)13(27,28)9(17,18)3-1-2-5-7(12(24,25)26)34-4-6(35-5)11(21,22)23/h5-7H,1-4H2/t5-,6+,7-/m0/s1. The molecule has 0 bridgehead atoms. The maximum Gasteiger partial charge on any atom is 0.417 e. The van der Waals surface area contributed by atoms with E-state index in [2.05, 4.69) is 9.47 Å². The Balaban J connectivity index is 3.11. The SMILES string of the molecule is O=C(F)C(F)(F)C(F)(F)C(F)(F)C(F)(F)C(F)(F)CCC[C@@H]1O[C@@H](C(F)(F)F)CO[C@@H]1C(F)(F)F. The molecule has 1 heterocycles. The molecular formula is C15H11F17O3. The molecule has 20 heteroatoms. The van der Waals surface area contributed by atoms with Crippen LogP contribution >= 0.6 is 0 Å². The highest BCUT2D eigenvalue weighted by Gasteiger charge is 2.87. The third-order valence-corrected chi connectivity index (χ3v) is 4.66. The molecule has 0 N–H and O–H groups in total. The van der Waals surface area contributed by atoms with Crippen molar-refractivity contribution in [2.75, 3.05) is 6.61 Å². The summed E-state index contributed by atoms with van der Waals surface area (Å²) in [7, 11) is 0. The Kier molecular flexibility index (Phi) is 8.41. The molecule has 0 radical (unpaired) electrons. The van der Waals surface area contributed by atoms with Crippen molar-refractivity contribution in [1.82, 2.24) is 0 Å². The summed E-state index contributed by atoms with van der Waals surface area (Å²) in [5.41, 5.74) is 0. The van der Waals surface area contributed by atoms with Crippen molar-refractivity contribution in [2.24, 2.45) is 0 Å². The zero-order valence-electron chi connectivity index (χ0n) is 16.2. The van der Waals surface area contributed by atoms with Crippen LogP contribution in [-0.4, -0.2) is 72.9 Å². The predicted molar refractivity (Wildman–Crippen MR) is 75.2 cm³/mol. The van der Waals surface area contributed by atoms with Crippen molar-refractivity contribution in [3.8, 4) is 0 Å². The molecule has 3 atom stereocenters. The van der Waals surface area contributed by atoms with Crippen LogP contribution in [0, 0.1) is 0 Å². The van der Waals surface area contributed by atoms with Gasteiger partial charge in [-0.05, 0) is 12.8 Å². The molecule has 0 aliphatic carbocycles. The summed E-state index contributed by atoms with van der Waals surface area (Å²) in [6.45, 7) is -1.72. The first-order valence-corrected chi connectivity index (χ1v) is 8.74. The molecular weight excluding hydrogens is 551 g/mol. The fraction of sp³-hybridized carbons (Fsp3) is 0.933. The van der Waals surface area contributed by atoms with Gasteiger partial charge in [-0.3, -0.25) is 4.79 Å². The molecule has 0 aromatic heterocycles. The number of halogens is 17. The molecule has 0 unspecified atom stereocenters. The Labute approximate surface area is 182 Å². The maximum atomic E-state index is 13.7. The highest BCUT2D eigenvalue weighted by molar-refractivity contribution is 5.78. The highest BCUT2D eigenvalue weighted by atomic mass is 19.4. The van der Waals surface area contributed by atoms with Crippen LogP contribution in [0.1, 0.15) is 19.3 Å². The van der Waals surface area contributed by atoms with Crippen LogP contribution in [0.15, 0.2) is 0 Å². The number of rotatable bonds is 9. The lowest BCUT2D eigenvalue weighted by Gasteiger charge is -2.39. The molecule has 208 valence electrons. The van der Waals surface area contributed by atoms with E-state index in [9.17, 15) is 79.4 Å². The van der Waals surface area contributed by atoms with E-state index in [1.54, 1.807) is 0 Å². The van der Waals surface area contributed by atoms with Crippen molar-refractivity contribution in [2.45, 2.75) is 79.5 Å². The number of ether oxygens (including phenoxy) is 2. The van der Waals surface area contributed by atoms with Gasteiger partial charge < -0.3 is 9.47 Å². The first-order chi connectivity index (χ1) is 15.2. The van der Waals surface area contributed by atoms with Gasteiger partial charge >= 0.3 is 48.0 Å². The normalized spacial score (nSPS) is 24.0. The zero-order valence-corrected chi connectivity index (χ0v) is 16.2. The smallest absolute Gasteiger partial charge is 0.363 e. The van der Waals surface area contributed by atoms with Crippen molar-refractivity contribution >= 4 is 6.04 Å². The van der Waals surface area contributed by atoms with Gasteiger partial charge in [0.1, 0.15) is 0 Å². The largest absolute Gasteiger partial charge is 0.417 e. The molecule has 35 heavy (non-hydrogen) atoms. The molecule has 3 nitrogen and oxygen atoms in total. The summed E-state index contributed by atoms with van der Waals surface area (Å²) in [4.78, 5) is 9.83. The molecule has 1 aliphatic rings. The second-order valence-electron chi connectivity index (χ2n) is 7.17. The van der Waals surface area contributed by atoms with E-state index in [0.29, 0.717) is 0 Å². The number of hydrogen-bond donors (Lipinski definition) is 0. The summed E-state index contributed by atoms with van der Waals surface area (Å²) >= 11 is 0. The van der Waals surface area contributed by atoms with E-state index in [4.69, 9.17) is 0 Å². The average Bonchev–Trinajstić information content (AvgIpc) is 2.65. The quantitative estimate of drug-likeness (QED) is 0.252. The van der Waals surface area contributed by atoms with Gasteiger partial charge in [-0.15, -0.1) is 0 Å². The zero-order chi connectivity index (χ0) is 28.1. The van der Waals surface area contributed by atoms with Crippen LogP contribution in [-0.2, 0) is 14.3 Å². The van der Waals surface area contributed by atoms with Crippen molar-refractivity contribution < 1.29 is 88.9 Å². The third-order valence-electron chi connectivity index (χ3n) is 4.66. The van der Waals surface area contributed by atoms with E-state index >= 15 is 0 Å². The number of carbonyl (C=O) groups excluding carboxylic acids is 1. The molecule has 0 amide bonds. The summed E-state index contributed by atoms with van der Waals surface area (Å²) in [5.74, 6) is -36.6. The summed E-state index contributed by atoms with van der Waals surface area (Å²) in [6, 6.07) is -4.58. The Morgan fingerprint density at radius 3 is 1.60 bits per heavy atom. The lowest BCUT2D eigenvalue weighted by Crippen LogP contribution is -2.68. The van der Waals surface area contributed by atoms with Gasteiger partial charge in [-0.2, -0.15) is 74.6 Å². The minimum absolute atomic E-state index is 1.66. The third kappa shape index (κ3) is 5.71. The van der Waals surface area contributed by atoms with Crippen LogP contribution in [0.3, 0.4) is 0 Å². The monoisotopic (exact) mass is 562 g/mol. The summed E-state index contributed by atoms with van der Waals surface area (Å²) < 4.78 is 230. The van der Waals surface area contributed by atoms with E-state index in [1.807, 2.05) is 0 Å². The first-order valence-electron chi connectivity index (χ1n) is 8.74. The van der Waals surface area contributed by atoms with Crippen molar-refractivity contribution in [1.29, 1.82) is 0 Å². The number of alkyl halides is 16. The van der Waals surface area contributed by atoms with Crippen molar-refractivity contribution in [3.63, 3.8) is 0 Å². The molecule has 0 spiro atoms. The number of hydrogen-bond acceptors (Lipinski definition) is 3. The molecule has 0 aromatic carbocycles. The van der Waals surface area contributed by atoms with Crippen molar-refractivity contribution in [3.05, 3.63) is 0 Å². The molecule has 0 saturated carbocycles.